The molecule has 2 aromatic rings. The highest BCUT2D eigenvalue weighted by Gasteiger charge is 2.47. The minimum Gasteiger partial charge on any atom is -0.481 e. The van der Waals surface area contributed by atoms with Crippen LogP contribution >= 0.6 is 0 Å². The number of rotatable bonds is 7. The van der Waals surface area contributed by atoms with E-state index in [9.17, 15) is 14.4 Å². The number of nitrogens with zero attached hydrogens (tertiary/aromatic N) is 1. The average molecular weight is 449 g/mol. The first-order valence-electron chi connectivity index (χ1n) is 11.6. The number of hydrogen-bond acceptors (Lipinski definition) is 4. The number of ether oxygens (including phenoxy) is 1. The summed E-state index contributed by atoms with van der Waals surface area (Å²) >= 11 is 0. The van der Waals surface area contributed by atoms with Crippen molar-refractivity contribution in [1.29, 1.82) is 0 Å². The number of likely N-dealkylation sites (tertiary alicyclic amines) is 1. The van der Waals surface area contributed by atoms with Crippen molar-refractivity contribution in [1.82, 2.24) is 10.2 Å². The van der Waals surface area contributed by atoms with E-state index in [1.165, 1.54) is 22.3 Å². The highest BCUT2D eigenvalue weighted by molar-refractivity contribution is 5.83. The molecule has 5 rings (SSSR count). The van der Waals surface area contributed by atoms with E-state index in [4.69, 9.17) is 9.84 Å². The number of carbonyl (C=O) groups excluding carboxylic acids is 2. The molecule has 2 aromatic carbocycles. The lowest BCUT2D eigenvalue weighted by Crippen LogP contribution is -2.38. The highest BCUT2D eigenvalue weighted by Crippen LogP contribution is 2.44. The van der Waals surface area contributed by atoms with Crippen LogP contribution in [0.5, 0.6) is 0 Å². The smallest absolute Gasteiger partial charge is 0.407 e. The largest absolute Gasteiger partial charge is 0.481 e. The number of fused-ring (bicyclic) bond motifs is 3. The van der Waals surface area contributed by atoms with Gasteiger partial charge in [0.25, 0.3) is 0 Å². The highest BCUT2D eigenvalue weighted by atomic mass is 16.5. The van der Waals surface area contributed by atoms with E-state index in [-0.39, 0.29) is 42.7 Å². The Balaban J connectivity index is 1.11. The Morgan fingerprint density at radius 3 is 2.36 bits per heavy atom. The van der Waals surface area contributed by atoms with Crippen LogP contribution in [0.2, 0.25) is 0 Å². The Bertz CT molecular complexity index is 1040. The summed E-state index contributed by atoms with van der Waals surface area (Å²) in [6.45, 7) is 1.28. The predicted octanol–water partition coefficient (Wildman–Crippen LogP) is 3.63. The van der Waals surface area contributed by atoms with Crippen molar-refractivity contribution in [2.24, 2.45) is 11.8 Å². The van der Waals surface area contributed by atoms with E-state index in [2.05, 4.69) is 29.6 Å². The van der Waals surface area contributed by atoms with Crippen LogP contribution in [0.15, 0.2) is 48.5 Å². The summed E-state index contributed by atoms with van der Waals surface area (Å²) in [7, 11) is 0. The van der Waals surface area contributed by atoms with Crippen molar-refractivity contribution in [2.45, 2.75) is 37.6 Å². The van der Waals surface area contributed by atoms with Crippen LogP contribution < -0.4 is 5.32 Å². The van der Waals surface area contributed by atoms with Gasteiger partial charge in [-0.05, 0) is 47.4 Å². The van der Waals surface area contributed by atoms with E-state index in [1.54, 1.807) is 4.90 Å². The SMILES string of the molecule is O=C(O)C[C@@H]1CCCN1C(=O)[C@@H]1C[C@@H]1CNC(=O)OCC1c2ccccc2-c2ccccc21. The third-order valence-electron chi connectivity index (χ3n) is 7.16. The molecule has 2 fully saturated rings. The molecule has 1 saturated carbocycles. The number of nitrogens with one attached hydrogen (secondary N) is 1. The van der Waals surface area contributed by atoms with Gasteiger partial charge in [-0.15, -0.1) is 0 Å². The number of carboxylic acid groups (broad SMARTS) is 1. The van der Waals surface area contributed by atoms with E-state index in [1.807, 2.05) is 24.3 Å². The van der Waals surface area contributed by atoms with Crippen molar-refractivity contribution in [2.75, 3.05) is 19.7 Å². The van der Waals surface area contributed by atoms with Crippen LogP contribution in [-0.4, -0.2) is 53.7 Å². The number of carbonyl (C=O) groups is 3. The first-order chi connectivity index (χ1) is 16.0. The molecule has 2 N–H and O–H groups in total. The van der Waals surface area contributed by atoms with Gasteiger partial charge < -0.3 is 20.1 Å². The van der Waals surface area contributed by atoms with Gasteiger partial charge in [-0.25, -0.2) is 4.79 Å². The van der Waals surface area contributed by atoms with Crippen molar-refractivity contribution in [3.8, 4) is 11.1 Å². The number of amides is 2. The topological polar surface area (TPSA) is 95.9 Å². The van der Waals surface area contributed by atoms with Crippen LogP contribution in [0.1, 0.15) is 42.7 Å². The van der Waals surface area contributed by atoms with Crippen molar-refractivity contribution < 1.29 is 24.2 Å². The van der Waals surface area contributed by atoms with Gasteiger partial charge in [-0.1, -0.05) is 48.5 Å². The Hall–Kier alpha value is -3.35. The summed E-state index contributed by atoms with van der Waals surface area (Å²) in [4.78, 5) is 37.9. The minimum atomic E-state index is -0.871. The number of hydrogen-bond donors (Lipinski definition) is 2. The molecule has 2 amide bonds. The summed E-state index contributed by atoms with van der Waals surface area (Å²) in [5, 5.41) is 11.9. The molecule has 172 valence electrons. The molecule has 0 unspecified atom stereocenters. The van der Waals surface area contributed by atoms with Gasteiger partial charge in [0.15, 0.2) is 0 Å². The number of aliphatic carboxylic acids is 1. The van der Waals surface area contributed by atoms with Crippen LogP contribution in [0, 0.1) is 11.8 Å². The molecule has 1 saturated heterocycles. The Kier molecular flexibility index (Phi) is 5.79. The average Bonchev–Trinajstić information content (AvgIpc) is 3.33. The lowest BCUT2D eigenvalue weighted by molar-refractivity contribution is -0.140. The second-order valence-corrected chi connectivity index (χ2v) is 9.23. The normalized spacial score (nSPS) is 23.0. The van der Waals surface area contributed by atoms with Gasteiger partial charge >= 0.3 is 12.1 Å². The summed E-state index contributed by atoms with van der Waals surface area (Å²) in [6.07, 6.45) is 1.84. The molecular weight excluding hydrogens is 420 g/mol. The van der Waals surface area contributed by atoms with E-state index in [0.717, 1.165) is 19.3 Å². The molecule has 33 heavy (non-hydrogen) atoms. The molecule has 3 aliphatic rings. The Morgan fingerprint density at radius 2 is 1.70 bits per heavy atom. The molecule has 0 radical (unpaired) electrons. The molecule has 3 atom stereocenters. The van der Waals surface area contributed by atoms with Gasteiger partial charge in [-0.3, -0.25) is 9.59 Å². The maximum atomic E-state index is 12.8. The number of carboxylic acids is 1. The summed E-state index contributed by atoms with van der Waals surface area (Å²) in [5.74, 6) is -0.876. The summed E-state index contributed by atoms with van der Waals surface area (Å²) in [5.41, 5.74) is 4.70. The van der Waals surface area contributed by atoms with Gasteiger partial charge in [-0.2, -0.15) is 0 Å². The van der Waals surface area contributed by atoms with Crippen LogP contribution in [-0.2, 0) is 14.3 Å². The predicted molar refractivity (Wildman–Crippen MR) is 122 cm³/mol. The zero-order valence-electron chi connectivity index (χ0n) is 18.4. The zero-order chi connectivity index (χ0) is 22.9. The molecule has 7 nitrogen and oxygen atoms in total. The standard InChI is InChI=1S/C26H28N2O5/c29-24(30)13-17-6-5-11-28(17)25(31)22-12-16(22)14-27-26(32)33-15-23-20-9-3-1-7-18(20)19-8-2-4-10-21(19)23/h1-4,7-10,16-17,22-23H,5-6,11-15H2,(H,27,32)(H,29,30)/t16-,17+,22-/m1/s1. The van der Waals surface area contributed by atoms with Crippen LogP contribution in [0.3, 0.4) is 0 Å². The number of alkyl carbamates (subject to hydrolysis) is 1. The lowest BCUT2D eigenvalue weighted by Gasteiger charge is -2.23. The van der Waals surface area contributed by atoms with Gasteiger partial charge in [0.2, 0.25) is 5.91 Å². The zero-order valence-corrected chi connectivity index (χ0v) is 18.4. The second-order valence-electron chi connectivity index (χ2n) is 9.23. The molecule has 0 aromatic heterocycles. The van der Waals surface area contributed by atoms with Crippen molar-refractivity contribution >= 4 is 18.0 Å². The fraction of sp³-hybridized carbons (Fsp3) is 0.423. The fourth-order valence-electron chi connectivity index (χ4n) is 5.39. The minimum absolute atomic E-state index is 0.00112. The molecule has 0 spiro atoms. The summed E-state index contributed by atoms with van der Waals surface area (Å²) < 4.78 is 5.56. The Morgan fingerprint density at radius 1 is 1.03 bits per heavy atom. The van der Waals surface area contributed by atoms with Crippen molar-refractivity contribution in [3.05, 3.63) is 59.7 Å². The maximum absolute atomic E-state index is 12.8. The van der Waals surface area contributed by atoms with E-state index in [0.29, 0.717) is 13.1 Å². The third kappa shape index (κ3) is 4.32. The molecular formula is C26H28N2O5. The fourth-order valence-corrected chi connectivity index (χ4v) is 5.39. The summed E-state index contributed by atoms with van der Waals surface area (Å²) in [6, 6.07) is 16.2. The van der Waals surface area contributed by atoms with Crippen molar-refractivity contribution in [3.63, 3.8) is 0 Å². The van der Waals surface area contributed by atoms with Crippen LogP contribution in [0.25, 0.3) is 11.1 Å². The van der Waals surface area contributed by atoms with Gasteiger partial charge in [0, 0.05) is 31.0 Å². The maximum Gasteiger partial charge on any atom is 0.407 e. The molecule has 1 heterocycles. The second kappa shape index (κ2) is 8.89. The molecule has 7 heteroatoms. The van der Waals surface area contributed by atoms with E-state index >= 15 is 0 Å². The quantitative estimate of drug-likeness (QED) is 0.674. The lowest BCUT2D eigenvalue weighted by atomic mass is 9.98. The van der Waals surface area contributed by atoms with Gasteiger partial charge in [0.1, 0.15) is 6.61 Å². The molecule has 2 aliphatic carbocycles. The molecule has 0 bridgehead atoms. The van der Waals surface area contributed by atoms with Crippen LogP contribution in [0.4, 0.5) is 4.79 Å². The Labute approximate surface area is 192 Å². The number of benzene rings is 2. The monoisotopic (exact) mass is 448 g/mol. The van der Waals surface area contributed by atoms with E-state index < -0.39 is 12.1 Å². The first-order valence-corrected chi connectivity index (χ1v) is 11.6. The van der Waals surface area contributed by atoms with Gasteiger partial charge in [0.05, 0.1) is 6.42 Å². The third-order valence-corrected chi connectivity index (χ3v) is 7.16. The first kappa shape index (κ1) is 21.5. The molecule has 1 aliphatic heterocycles.